The zero-order valence-electron chi connectivity index (χ0n) is 16.8. The summed E-state index contributed by atoms with van der Waals surface area (Å²) in [6.07, 6.45) is 0. The fourth-order valence-electron chi connectivity index (χ4n) is 2.55. The third-order valence-corrected chi connectivity index (χ3v) is 3.96. The summed E-state index contributed by atoms with van der Waals surface area (Å²) in [7, 11) is 6.30. The van der Waals surface area contributed by atoms with Crippen LogP contribution in [-0.4, -0.2) is 47.5 Å². The highest BCUT2D eigenvalue weighted by molar-refractivity contribution is 5.79. The first-order valence-electron chi connectivity index (χ1n) is 8.83. The number of nitrogens with one attached hydrogen (secondary N) is 2. The Morgan fingerprint density at radius 1 is 0.931 bits per heavy atom. The van der Waals surface area contributed by atoms with Crippen molar-refractivity contribution >= 4 is 5.96 Å². The smallest absolute Gasteiger partial charge is 0.203 e. The van der Waals surface area contributed by atoms with Gasteiger partial charge in [-0.3, -0.25) is 4.99 Å². The molecular weight excluding hydrogens is 384 g/mol. The molecule has 29 heavy (non-hydrogen) atoms. The molecule has 7 nitrogen and oxygen atoms in total. The first kappa shape index (κ1) is 22.1. The second-order valence-corrected chi connectivity index (χ2v) is 5.81. The number of hydrogen-bond acceptors (Lipinski definition) is 5. The second-order valence-electron chi connectivity index (χ2n) is 5.81. The molecule has 0 aliphatic carbocycles. The van der Waals surface area contributed by atoms with Crippen molar-refractivity contribution in [2.24, 2.45) is 4.99 Å². The molecular formula is C20H25F2N3O4. The molecule has 0 aromatic heterocycles. The van der Waals surface area contributed by atoms with Gasteiger partial charge < -0.3 is 29.6 Å². The third-order valence-electron chi connectivity index (χ3n) is 3.96. The van der Waals surface area contributed by atoms with Crippen LogP contribution in [0.2, 0.25) is 0 Å². The van der Waals surface area contributed by atoms with Gasteiger partial charge in [-0.2, -0.15) is 0 Å². The lowest BCUT2D eigenvalue weighted by atomic mass is 10.2. The van der Waals surface area contributed by atoms with Crippen molar-refractivity contribution in [2.75, 3.05) is 41.5 Å². The van der Waals surface area contributed by atoms with Gasteiger partial charge >= 0.3 is 0 Å². The highest BCUT2D eigenvalue weighted by Gasteiger charge is 2.13. The second kappa shape index (κ2) is 10.9. The largest absolute Gasteiger partial charge is 0.493 e. The van der Waals surface area contributed by atoms with E-state index in [4.69, 9.17) is 18.9 Å². The van der Waals surface area contributed by atoms with Crippen molar-refractivity contribution in [1.82, 2.24) is 10.6 Å². The van der Waals surface area contributed by atoms with Crippen molar-refractivity contribution in [1.29, 1.82) is 0 Å². The maximum Gasteiger partial charge on any atom is 0.203 e. The molecule has 0 aliphatic heterocycles. The number of benzene rings is 2. The lowest BCUT2D eigenvalue weighted by Gasteiger charge is -2.16. The van der Waals surface area contributed by atoms with E-state index in [1.807, 2.05) is 12.1 Å². The third kappa shape index (κ3) is 6.13. The predicted molar refractivity (Wildman–Crippen MR) is 106 cm³/mol. The molecule has 0 radical (unpaired) electrons. The fourth-order valence-corrected chi connectivity index (χ4v) is 2.55. The summed E-state index contributed by atoms with van der Waals surface area (Å²) in [5, 5.41) is 6.24. The number of nitrogens with zero attached hydrogens (tertiary/aromatic N) is 1. The van der Waals surface area contributed by atoms with Crippen LogP contribution >= 0.6 is 0 Å². The minimum atomic E-state index is -0.946. The quantitative estimate of drug-likeness (QED) is 0.377. The van der Waals surface area contributed by atoms with E-state index in [2.05, 4.69) is 15.6 Å². The van der Waals surface area contributed by atoms with Crippen LogP contribution in [-0.2, 0) is 6.54 Å². The predicted octanol–water partition coefficient (Wildman–Crippen LogP) is 2.73. The first-order chi connectivity index (χ1) is 14.0. The zero-order valence-corrected chi connectivity index (χ0v) is 16.8. The molecule has 158 valence electrons. The lowest BCUT2D eigenvalue weighted by Crippen LogP contribution is -2.38. The summed E-state index contributed by atoms with van der Waals surface area (Å²) in [5.41, 5.74) is 0.903. The Balaban J connectivity index is 1.86. The number of rotatable bonds is 9. The number of ether oxygens (including phenoxy) is 4. The van der Waals surface area contributed by atoms with E-state index >= 15 is 0 Å². The molecule has 2 rings (SSSR count). The van der Waals surface area contributed by atoms with Crippen LogP contribution in [0.1, 0.15) is 5.56 Å². The van der Waals surface area contributed by atoms with Crippen LogP contribution in [0.5, 0.6) is 23.0 Å². The van der Waals surface area contributed by atoms with Crippen LogP contribution in [0.15, 0.2) is 35.3 Å². The van der Waals surface area contributed by atoms with Gasteiger partial charge in [0.05, 0.1) is 27.9 Å². The minimum Gasteiger partial charge on any atom is -0.493 e. The molecule has 0 saturated carbocycles. The van der Waals surface area contributed by atoms with Gasteiger partial charge in [0.25, 0.3) is 0 Å². The summed E-state index contributed by atoms with van der Waals surface area (Å²) in [6.45, 7) is 1.12. The number of guanidine groups is 1. The van der Waals surface area contributed by atoms with E-state index in [9.17, 15) is 8.78 Å². The topological polar surface area (TPSA) is 73.3 Å². The molecule has 0 bridgehead atoms. The zero-order chi connectivity index (χ0) is 21.2. The highest BCUT2D eigenvalue weighted by atomic mass is 19.2. The van der Waals surface area contributed by atoms with E-state index in [1.54, 1.807) is 28.4 Å². The van der Waals surface area contributed by atoms with E-state index in [0.717, 1.165) is 17.7 Å². The maximum atomic E-state index is 13.2. The molecule has 0 heterocycles. The monoisotopic (exact) mass is 409 g/mol. The van der Waals surface area contributed by atoms with Gasteiger partial charge in [0, 0.05) is 19.7 Å². The van der Waals surface area contributed by atoms with Crippen LogP contribution < -0.4 is 29.6 Å². The minimum absolute atomic E-state index is 0.246. The standard InChI is InChI=1S/C20H25F2N3O4/c1-23-20(24-7-8-29-14-5-6-15(21)16(22)11-14)25-12-13-9-17(26-2)19(28-4)18(10-13)27-3/h5-6,9-11H,7-8,12H2,1-4H3,(H2,23,24,25). The molecule has 0 fully saturated rings. The highest BCUT2D eigenvalue weighted by Crippen LogP contribution is 2.38. The van der Waals surface area contributed by atoms with E-state index < -0.39 is 11.6 Å². The van der Waals surface area contributed by atoms with Crippen molar-refractivity contribution in [3.63, 3.8) is 0 Å². The van der Waals surface area contributed by atoms with Crippen molar-refractivity contribution in [2.45, 2.75) is 6.54 Å². The summed E-state index contributed by atoms with van der Waals surface area (Å²) < 4.78 is 47.5. The Morgan fingerprint density at radius 2 is 1.62 bits per heavy atom. The molecule has 0 atom stereocenters. The normalized spacial score (nSPS) is 11.0. The molecule has 0 unspecified atom stereocenters. The Bertz CT molecular complexity index is 821. The fraction of sp³-hybridized carbons (Fsp3) is 0.350. The van der Waals surface area contributed by atoms with Crippen LogP contribution in [0, 0.1) is 11.6 Å². The number of halogens is 2. The summed E-state index contributed by atoms with van der Waals surface area (Å²) in [4.78, 5) is 4.13. The molecule has 2 aromatic rings. The average Bonchev–Trinajstić information content (AvgIpc) is 2.74. The lowest BCUT2D eigenvalue weighted by molar-refractivity contribution is 0.318. The molecule has 2 N–H and O–H groups in total. The van der Waals surface area contributed by atoms with Gasteiger partial charge in [0.1, 0.15) is 12.4 Å². The van der Waals surface area contributed by atoms with Crippen LogP contribution in [0.3, 0.4) is 0 Å². The van der Waals surface area contributed by atoms with Crippen LogP contribution in [0.4, 0.5) is 8.78 Å². The molecule has 9 heteroatoms. The summed E-state index contributed by atoms with van der Waals surface area (Å²) in [6, 6.07) is 7.08. The van der Waals surface area contributed by atoms with E-state index in [-0.39, 0.29) is 12.4 Å². The number of aliphatic imine (C=N–C) groups is 1. The number of hydrogen-bond donors (Lipinski definition) is 2. The Labute approximate surface area is 168 Å². The molecule has 2 aromatic carbocycles. The average molecular weight is 409 g/mol. The Morgan fingerprint density at radius 3 is 2.17 bits per heavy atom. The first-order valence-corrected chi connectivity index (χ1v) is 8.83. The van der Waals surface area contributed by atoms with Crippen LogP contribution in [0.25, 0.3) is 0 Å². The molecule has 0 aliphatic rings. The van der Waals surface area contributed by atoms with Gasteiger partial charge in [0.2, 0.25) is 5.75 Å². The van der Waals surface area contributed by atoms with E-state index in [0.29, 0.717) is 36.3 Å². The SMILES string of the molecule is CN=C(NCCOc1ccc(F)c(F)c1)NCc1cc(OC)c(OC)c(OC)c1. The Kier molecular flexibility index (Phi) is 8.32. The summed E-state index contributed by atoms with van der Waals surface area (Å²) in [5.74, 6) is 0.595. The Hall–Kier alpha value is -3.23. The maximum absolute atomic E-state index is 13.2. The van der Waals surface area contributed by atoms with Gasteiger partial charge in [-0.05, 0) is 29.8 Å². The molecule has 0 spiro atoms. The van der Waals surface area contributed by atoms with Crippen molar-refractivity contribution in [3.05, 3.63) is 47.5 Å². The number of methoxy groups -OCH3 is 3. The van der Waals surface area contributed by atoms with Gasteiger partial charge in [-0.15, -0.1) is 0 Å². The van der Waals surface area contributed by atoms with Crippen molar-refractivity contribution in [3.8, 4) is 23.0 Å². The van der Waals surface area contributed by atoms with Gasteiger partial charge in [-0.1, -0.05) is 0 Å². The molecule has 0 saturated heterocycles. The van der Waals surface area contributed by atoms with E-state index in [1.165, 1.54) is 6.07 Å². The molecule has 0 amide bonds. The summed E-state index contributed by atoms with van der Waals surface area (Å²) >= 11 is 0. The van der Waals surface area contributed by atoms with Gasteiger partial charge in [0.15, 0.2) is 29.1 Å². The van der Waals surface area contributed by atoms with Gasteiger partial charge in [-0.25, -0.2) is 8.78 Å². The van der Waals surface area contributed by atoms with Crippen molar-refractivity contribution < 1.29 is 27.7 Å².